The molecule has 0 atom stereocenters. The number of aromatic amines is 1. The van der Waals surface area contributed by atoms with E-state index in [0.29, 0.717) is 0 Å². The Kier molecular flexibility index (Phi) is 2.99. The Labute approximate surface area is 110 Å². The van der Waals surface area contributed by atoms with Gasteiger partial charge in [0.2, 0.25) is 0 Å². The van der Waals surface area contributed by atoms with Crippen molar-refractivity contribution in [1.82, 2.24) is 4.98 Å². The molecule has 0 spiro atoms. The fraction of sp³-hybridized carbons (Fsp3) is 0.0667. The number of ether oxygens (including phenoxy) is 1. The number of hydrogen-bond acceptors (Lipinski definition) is 2. The lowest BCUT2D eigenvalue weighted by molar-refractivity contribution is 0.415. The zero-order valence-corrected chi connectivity index (χ0v) is 10.8. The van der Waals surface area contributed by atoms with Gasteiger partial charge in [0, 0.05) is 27.4 Å². The van der Waals surface area contributed by atoms with Crippen molar-refractivity contribution in [2.75, 3.05) is 7.11 Å². The van der Waals surface area contributed by atoms with Crippen molar-refractivity contribution in [3.05, 3.63) is 54.7 Å². The Hall–Kier alpha value is -1.87. The summed E-state index contributed by atoms with van der Waals surface area (Å²) in [4.78, 5) is 5.76. The summed E-state index contributed by atoms with van der Waals surface area (Å²) < 4.78 is 5.22. The van der Waals surface area contributed by atoms with Crippen molar-refractivity contribution < 1.29 is 4.74 Å². The maximum Gasteiger partial charge on any atom is 0.120 e. The maximum absolute atomic E-state index is 5.22. The van der Waals surface area contributed by atoms with Crippen LogP contribution in [0.1, 0.15) is 0 Å². The van der Waals surface area contributed by atoms with Gasteiger partial charge in [-0.25, -0.2) is 0 Å². The number of H-pyrrole nitrogens is 1. The second kappa shape index (κ2) is 4.78. The van der Waals surface area contributed by atoms with Gasteiger partial charge in [0.15, 0.2) is 0 Å². The van der Waals surface area contributed by atoms with Gasteiger partial charge in [-0.15, -0.1) is 0 Å². The lowest BCUT2D eigenvalue weighted by Crippen LogP contribution is -1.81. The molecule has 3 aromatic rings. The highest BCUT2D eigenvalue weighted by Crippen LogP contribution is 2.34. The third-order valence-corrected chi connectivity index (χ3v) is 3.89. The minimum absolute atomic E-state index is 0.876. The summed E-state index contributed by atoms with van der Waals surface area (Å²) >= 11 is 1.77. The fourth-order valence-corrected chi connectivity index (χ4v) is 2.86. The molecule has 3 heteroatoms. The summed E-state index contributed by atoms with van der Waals surface area (Å²) in [6.07, 6.45) is 2.04. The van der Waals surface area contributed by atoms with Gasteiger partial charge in [-0.2, -0.15) is 0 Å². The van der Waals surface area contributed by atoms with Gasteiger partial charge in [-0.05, 0) is 24.3 Å². The van der Waals surface area contributed by atoms with E-state index in [1.54, 1.807) is 18.9 Å². The first-order valence-electron chi connectivity index (χ1n) is 5.75. The second-order valence-electron chi connectivity index (χ2n) is 3.98. The molecule has 90 valence electrons. The first-order chi connectivity index (χ1) is 8.86. The number of fused-ring (bicyclic) bond motifs is 1. The van der Waals surface area contributed by atoms with Crippen LogP contribution < -0.4 is 4.74 Å². The van der Waals surface area contributed by atoms with E-state index in [1.165, 1.54) is 15.2 Å². The smallest absolute Gasteiger partial charge is 0.120 e. The average molecular weight is 255 g/mol. The predicted octanol–water partition coefficient (Wildman–Crippen LogP) is 4.33. The molecule has 0 fully saturated rings. The Bertz CT molecular complexity index is 661. The van der Waals surface area contributed by atoms with Gasteiger partial charge in [0.05, 0.1) is 12.6 Å². The molecule has 2 nitrogen and oxygen atoms in total. The molecule has 0 aliphatic rings. The SMILES string of the molecule is COc1ccc2c(Sc3ccccc3)c[nH]c2c1. The summed E-state index contributed by atoms with van der Waals surface area (Å²) in [5, 5.41) is 1.23. The molecule has 2 aromatic carbocycles. The van der Waals surface area contributed by atoms with Crippen molar-refractivity contribution in [3.63, 3.8) is 0 Å². The molecule has 1 heterocycles. The van der Waals surface area contributed by atoms with E-state index in [2.05, 4.69) is 35.3 Å². The number of benzene rings is 2. The molecule has 0 unspecified atom stereocenters. The molecule has 3 rings (SSSR count). The monoisotopic (exact) mass is 255 g/mol. The zero-order valence-electron chi connectivity index (χ0n) is 10.0. The molecule has 0 aliphatic carbocycles. The highest BCUT2D eigenvalue weighted by Gasteiger charge is 2.06. The van der Waals surface area contributed by atoms with Crippen molar-refractivity contribution in [1.29, 1.82) is 0 Å². The maximum atomic E-state index is 5.22. The van der Waals surface area contributed by atoms with E-state index in [1.807, 2.05) is 24.4 Å². The number of methoxy groups -OCH3 is 1. The van der Waals surface area contributed by atoms with Gasteiger partial charge < -0.3 is 9.72 Å². The van der Waals surface area contributed by atoms with Crippen LogP contribution in [0.4, 0.5) is 0 Å². The molecule has 0 saturated heterocycles. The summed E-state index contributed by atoms with van der Waals surface area (Å²) in [6, 6.07) is 16.5. The largest absolute Gasteiger partial charge is 0.497 e. The van der Waals surface area contributed by atoms with E-state index in [0.717, 1.165) is 11.3 Å². The molecule has 0 amide bonds. The molecule has 0 aliphatic heterocycles. The van der Waals surface area contributed by atoms with E-state index in [4.69, 9.17) is 4.74 Å². The van der Waals surface area contributed by atoms with Crippen molar-refractivity contribution in [3.8, 4) is 5.75 Å². The van der Waals surface area contributed by atoms with Crippen LogP contribution in [0, 0.1) is 0 Å². The normalized spacial score (nSPS) is 10.7. The molecule has 0 saturated carbocycles. The minimum atomic E-state index is 0.876. The molecule has 0 radical (unpaired) electrons. The molecule has 18 heavy (non-hydrogen) atoms. The first-order valence-corrected chi connectivity index (χ1v) is 6.56. The number of rotatable bonds is 3. The van der Waals surface area contributed by atoms with Gasteiger partial charge in [0.1, 0.15) is 5.75 Å². The highest BCUT2D eigenvalue weighted by atomic mass is 32.2. The molecular formula is C15H13NOS. The summed E-state index contributed by atoms with van der Waals surface area (Å²) in [5.74, 6) is 0.876. The van der Waals surface area contributed by atoms with Crippen molar-refractivity contribution in [2.45, 2.75) is 9.79 Å². The van der Waals surface area contributed by atoms with Gasteiger partial charge in [0.25, 0.3) is 0 Å². The third-order valence-electron chi connectivity index (χ3n) is 2.82. The summed E-state index contributed by atoms with van der Waals surface area (Å²) in [5.41, 5.74) is 1.10. The van der Waals surface area contributed by atoms with Crippen LogP contribution in [0.2, 0.25) is 0 Å². The van der Waals surface area contributed by atoms with Crippen molar-refractivity contribution in [2.24, 2.45) is 0 Å². The van der Waals surface area contributed by atoms with Gasteiger partial charge >= 0.3 is 0 Å². The standard InChI is InChI=1S/C15H13NOS/c1-17-11-7-8-13-14(9-11)16-10-15(13)18-12-5-3-2-4-6-12/h2-10,16H,1H3. The van der Waals surface area contributed by atoms with E-state index < -0.39 is 0 Å². The first kappa shape index (κ1) is 11.2. The minimum Gasteiger partial charge on any atom is -0.497 e. The Morgan fingerprint density at radius 3 is 2.67 bits per heavy atom. The number of hydrogen-bond donors (Lipinski definition) is 1. The number of nitrogens with one attached hydrogen (secondary N) is 1. The van der Waals surface area contributed by atoms with Crippen LogP contribution >= 0.6 is 11.8 Å². The topological polar surface area (TPSA) is 25.0 Å². The Morgan fingerprint density at radius 1 is 1.06 bits per heavy atom. The van der Waals surface area contributed by atoms with Crippen LogP contribution in [0.25, 0.3) is 10.9 Å². The van der Waals surface area contributed by atoms with E-state index in [9.17, 15) is 0 Å². The van der Waals surface area contributed by atoms with Crippen LogP contribution in [0.15, 0.2) is 64.5 Å². The quantitative estimate of drug-likeness (QED) is 0.753. The zero-order chi connectivity index (χ0) is 12.4. The lowest BCUT2D eigenvalue weighted by atomic mass is 10.2. The van der Waals surface area contributed by atoms with Crippen LogP contribution in [0.5, 0.6) is 5.75 Å². The third kappa shape index (κ3) is 2.09. The van der Waals surface area contributed by atoms with E-state index in [-0.39, 0.29) is 0 Å². The lowest BCUT2D eigenvalue weighted by Gasteiger charge is -2.01. The Balaban J connectivity index is 1.98. The molecule has 1 N–H and O–H groups in total. The van der Waals surface area contributed by atoms with E-state index >= 15 is 0 Å². The molecule has 0 bridgehead atoms. The fourth-order valence-electron chi connectivity index (χ4n) is 1.91. The average Bonchev–Trinajstić information content (AvgIpc) is 2.82. The van der Waals surface area contributed by atoms with Gasteiger partial charge in [-0.3, -0.25) is 0 Å². The summed E-state index contributed by atoms with van der Waals surface area (Å²) in [6.45, 7) is 0. The van der Waals surface area contributed by atoms with Crippen LogP contribution in [-0.2, 0) is 0 Å². The van der Waals surface area contributed by atoms with Gasteiger partial charge in [-0.1, -0.05) is 30.0 Å². The van der Waals surface area contributed by atoms with Crippen LogP contribution in [0.3, 0.4) is 0 Å². The molecule has 1 aromatic heterocycles. The highest BCUT2D eigenvalue weighted by molar-refractivity contribution is 7.99. The summed E-state index contributed by atoms with van der Waals surface area (Å²) in [7, 11) is 1.68. The van der Waals surface area contributed by atoms with Crippen molar-refractivity contribution >= 4 is 22.7 Å². The Morgan fingerprint density at radius 2 is 1.89 bits per heavy atom. The molecular weight excluding hydrogens is 242 g/mol. The predicted molar refractivity (Wildman–Crippen MR) is 75.4 cm³/mol. The second-order valence-corrected chi connectivity index (χ2v) is 5.09. The van der Waals surface area contributed by atoms with Crippen LogP contribution in [-0.4, -0.2) is 12.1 Å². The number of aromatic nitrogens is 1.